The van der Waals surface area contributed by atoms with Crippen molar-refractivity contribution in [1.82, 2.24) is 10.5 Å². The minimum atomic E-state index is 0. The number of nitrogens with one attached hydrogen (secondary N) is 2. The van der Waals surface area contributed by atoms with Gasteiger partial charge in [0.25, 0.3) is 0 Å². The standard InChI is InChI=1S/C27H33N3.BrH/c1-2-3-4-5-6-10-18-25-22-30(28-29(25)21-23-14-8-7-9-15-23)27-20-13-17-24-16-11-12-19-26(24)27;/h7-9,11-17,19-20,22,28H,2-6,10,18,21H2,1H3;1H. The monoisotopic (exact) mass is 479 g/mol. The predicted octanol–water partition coefficient (Wildman–Crippen LogP) is 2.89. The van der Waals surface area contributed by atoms with Crippen LogP contribution in [-0.2, 0) is 6.54 Å². The van der Waals surface area contributed by atoms with Crippen LogP contribution in [0.2, 0.25) is 0 Å². The fourth-order valence-electron chi connectivity index (χ4n) is 4.29. The first-order valence-electron chi connectivity index (χ1n) is 11.5. The average Bonchev–Trinajstić information content (AvgIpc) is 3.18. The van der Waals surface area contributed by atoms with E-state index >= 15 is 0 Å². The number of hydrogen-bond acceptors (Lipinski definition) is 2. The summed E-state index contributed by atoms with van der Waals surface area (Å²) < 4.78 is 0. The van der Waals surface area contributed by atoms with Crippen molar-refractivity contribution >= 4 is 16.5 Å². The lowest BCUT2D eigenvalue weighted by molar-refractivity contribution is -0.834. The summed E-state index contributed by atoms with van der Waals surface area (Å²) in [7, 11) is 0. The van der Waals surface area contributed by atoms with E-state index in [2.05, 4.69) is 96.5 Å². The zero-order valence-electron chi connectivity index (χ0n) is 18.5. The summed E-state index contributed by atoms with van der Waals surface area (Å²) >= 11 is 0. The smallest absolute Gasteiger partial charge is 0.164 e. The Morgan fingerprint density at radius 2 is 1.48 bits per heavy atom. The third-order valence-electron chi connectivity index (χ3n) is 5.96. The van der Waals surface area contributed by atoms with Gasteiger partial charge in [-0.05, 0) is 29.9 Å². The number of fused-ring (bicyclic) bond motifs is 1. The number of rotatable bonds is 10. The molecule has 4 rings (SSSR count). The molecule has 3 nitrogen and oxygen atoms in total. The van der Waals surface area contributed by atoms with E-state index < -0.39 is 0 Å². The molecule has 0 radical (unpaired) electrons. The van der Waals surface area contributed by atoms with E-state index in [-0.39, 0.29) is 17.0 Å². The molecule has 3 aromatic carbocycles. The second kappa shape index (κ2) is 12.0. The third kappa shape index (κ3) is 6.19. The van der Waals surface area contributed by atoms with E-state index in [9.17, 15) is 0 Å². The zero-order chi connectivity index (χ0) is 20.6. The van der Waals surface area contributed by atoms with Crippen LogP contribution < -0.4 is 27.5 Å². The van der Waals surface area contributed by atoms with Gasteiger partial charge in [0, 0.05) is 11.5 Å². The van der Waals surface area contributed by atoms with Gasteiger partial charge in [-0.3, -0.25) is 5.01 Å². The molecule has 0 amide bonds. The summed E-state index contributed by atoms with van der Waals surface area (Å²) in [6.45, 7) is 3.16. The minimum Gasteiger partial charge on any atom is -1.00 e. The van der Waals surface area contributed by atoms with Crippen molar-refractivity contribution in [1.29, 1.82) is 0 Å². The van der Waals surface area contributed by atoms with Gasteiger partial charge in [0.05, 0.1) is 12.2 Å². The molecular formula is C27H34BrN3. The van der Waals surface area contributed by atoms with E-state index in [0.29, 0.717) is 0 Å². The summed E-state index contributed by atoms with van der Waals surface area (Å²) in [5.74, 6) is 0. The fraction of sp³-hybridized carbons (Fsp3) is 0.333. The minimum absolute atomic E-state index is 0. The molecule has 1 aliphatic heterocycles. The fourth-order valence-corrected chi connectivity index (χ4v) is 4.29. The van der Waals surface area contributed by atoms with E-state index in [0.717, 1.165) is 13.0 Å². The van der Waals surface area contributed by atoms with Crippen molar-refractivity contribution in [3.05, 3.63) is 90.3 Å². The van der Waals surface area contributed by atoms with Gasteiger partial charge in [0.15, 0.2) is 5.69 Å². The summed E-state index contributed by atoms with van der Waals surface area (Å²) in [6, 6.07) is 26.0. The zero-order valence-corrected chi connectivity index (χ0v) is 20.1. The van der Waals surface area contributed by atoms with Gasteiger partial charge in [-0.25, -0.2) is 0 Å². The lowest BCUT2D eigenvalue weighted by Crippen LogP contribution is -3.09. The molecule has 0 spiro atoms. The lowest BCUT2D eigenvalue weighted by Gasteiger charge is -2.21. The lowest BCUT2D eigenvalue weighted by atomic mass is 10.1. The summed E-state index contributed by atoms with van der Waals surface area (Å²) in [5, 5.41) is 6.15. The molecule has 0 fully saturated rings. The highest BCUT2D eigenvalue weighted by Gasteiger charge is 2.27. The molecular weight excluding hydrogens is 446 g/mol. The topological polar surface area (TPSA) is 19.7 Å². The maximum absolute atomic E-state index is 3.72. The number of unbranched alkanes of at least 4 members (excludes halogenated alkanes) is 5. The molecule has 31 heavy (non-hydrogen) atoms. The average molecular weight is 480 g/mol. The highest BCUT2D eigenvalue weighted by molar-refractivity contribution is 5.90. The highest BCUT2D eigenvalue weighted by Crippen LogP contribution is 2.22. The first kappa shape index (κ1) is 23.5. The molecule has 164 valence electrons. The van der Waals surface area contributed by atoms with Crippen LogP contribution in [0.4, 0.5) is 5.69 Å². The Kier molecular flexibility index (Phi) is 9.13. The first-order chi connectivity index (χ1) is 14.8. The molecule has 3 aromatic rings. The summed E-state index contributed by atoms with van der Waals surface area (Å²) in [5.41, 5.74) is 7.73. The number of hydrazine groups is 1. The van der Waals surface area contributed by atoms with Crippen molar-refractivity contribution in [2.75, 3.05) is 0 Å². The number of nitrogens with zero attached hydrogens (tertiary/aromatic N) is 1. The van der Waals surface area contributed by atoms with Crippen molar-refractivity contribution in [2.45, 2.75) is 58.4 Å². The second-order valence-corrected chi connectivity index (χ2v) is 8.28. The SMILES string of the molecule is CCCCCCCCC1=C[NH+](c2cccc3ccccc23)NN1Cc1ccccc1.[Br-]. The van der Waals surface area contributed by atoms with Gasteiger partial charge in [-0.2, -0.15) is 5.01 Å². The van der Waals surface area contributed by atoms with Crippen molar-refractivity contribution in [2.24, 2.45) is 0 Å². The molecule has 0 aliphatic carbocycles. The number of allylic oxidation sites excluding steroid dienone is 1. The molecule has 1 unspecified atom stereocenters. The Bertz CT molecular complexity index is 965. The Hall–Kier alpha value is -2.14. The highest BCUT2D eigenvalue weighted by atomic mass is 79.9. The van der Waals surface area contributed by atoms with Crippen molar-refractivity contribution < 1.29 is 22.0 Å². The first-order valence-corrected chi connectivity index (χ1v) is 11.5. The molecule has 0 aromatic heterocycles. The molecule has 0 bridgehead atoms. The van der Waals surface area contributed by atoms with Crippen LogP contribution in [0, 0.1) is 0 Å². The number of quaternary nitrogens is 1. The van der Waals surface area contributed by atoms with Crippen LogP contribution in [0.3, 0.4) is 0 Å². The van der Waals surface area contributed by atoms with E-state index in [1.54, 1.807) is 0 Å². The summed E-state index contributed by atoms with van der Waals surface area (Å²) in [6.07, 6.45) is 11.5. The Balaban J connectivity index is 0.00000272. The Morgan fingerprint density at radius 1 is 0.774 bits per heavy atom. The predicted molar refractivity (Wildman–Crippen MR) is 126 cm³/mol. The van der Waals surface area contributed by atoms with Crippen LogP contribution in [0.15, 0.2) is 84.7 Å². The molecule has 2 N–H and O–H groups in total. The number of benzene rings is 3. The van der Waals surface area contributed by atoms with E-state index in [1.165, 1.54) is 71.3 Å². The van der Waals surface area contributed by atoms with Crippen LogP contribution in [0.25, 0.3) is 10.8 Å². The van der Waals surface area contributed by atoms with E-state index in [1.807, 2.05) is 0 Å². The van der Waals surface area contributed by atoms with Gasteiger partial charge in [-0.1, -0.05) is 105 Å². The van der Waals surface area contributed by atoms with Crippen LogP contribution in [0.5, 0.6) is 0 Å². The van der Waals surface area contributed by atoms with Gasteiger partial charge >= 0.3 is 0 Å². The van der Waals surface area contributed by atoms with Gasteiger partial charge in [0.1, 0.15) is 6.20 Å². The van der Waals surface area contributed by atoms with Crippen LogP contribution >= 0.6 is 0 Å². The molecule has 0 saturated carbocycles. The van der Waals surface area contributed by atoms with Crippen LogP contribution in [0.1, 0.15) is 57.4 Å². The number of halogens is 1. The van der Waals surface area contributed by atoms with Gasteiger partial charge < -0.3 is 17.0 Å². The largest absolute Gasteiger partial charge is 1.00 e. The van der Waals surface area contributed by atoms with Gasteiger partial charge in [-0.15, -0.1) is 0 Å². The maximum atomic E-state index is 3.72. The molecule has 1 aliphatic rings. The van der Waals surface area contributed by atoms with Crippen LogP contribution in [-0.4, -0.2) is 5.01 Å². The molecule has 1 atom stereocenters. The third-order valence-corrected chi connectivity index (χ3v) is 5.96. The maximum Gasteiger partial charge on any atom is 0.164 e. The molecule has 4 heteroatoms. The quantitative estimate of drug-likeness (QED) is 0.436. The van der Waals surface area contributed by atoms with Gasteiger partial charge in [0.2, 0.25) is 0 Å². The molecule has 1 heterocycles. The number of hydrogen-bond donors (Lipinski definition) is 2. The molecule has 0 saturated heterocycles. The Morgan fingerprint density at radius 3 is 2.32 bits per heavy atom. The normalized spacial score (nSPS) is 15.7. The summed E-state index contributed by atoms with van der Waals surface area (Å²) in [4.78, 5) is 0. The van der Waals surface area contributed by atoms with E-state index in [4.69, 9.17) is 0 Å². The Labute approximate surface area is 197 Å². The second-order valence-electron chi connectivity index (χ2n) is 8.28. The van der Waals surface area contributed by atoms with Crippen molar-refractivity contribution in [3.63, 3.8) is 0 Å². The van der Waals surface area contributed by atoms with Crippen molar-refractivity contribution in [3.8, 4) is 0 Å².